The number of hydrogen-bond acceptors (Lipinski definition) is 2. The molecule has 0 aromatic heterocycles. The van der Waals surface area contributed by atoms with Crippen molar-refractivity contribution in [3.8, 4) is 5.75 Å². The molecule has 0 spiro atoms. The largest absolute Gasteiger partial charge is 0.467 e. The van der Waals surface area contributed by atoms with E-state index in [9.17, 15) is 0 Å². The van der Waals surface area contributed by atoms with Gasteiger partial charge in [0, 0.05) is 11.6 Å². The average molecular weight is 259 g/mol. The number of hydrogen-bond donors (Lipinski definition) is 0. The fourth-order valence-corrected chi connectivity index (χ4v) is 1.70. The van der Waals surface area contributed by atoms with Gasteiger partial charge in [-0.1, -0.05) is 15.9 Å². The molecular weight excluding hydrogens is 244 g/mol. The minimum Gasteiger partial charge on any atom is -0.467 e. The summed E-state index contributed by atoms with van der Waals surface area (Å²) in [5.41, 5.74) is 3.55. The molecule has 0 saturated carbocycles. The van der Waals surface area contributed by atoms with Crippen LogP contribution in [0.4, 0.5) is 0 Å². The summed E-state index contributed by atoms with van der Waals surface area (Å²) in [5.74, 6) is 0.894. The molecule has 0 atom stereocenters. The van der Waals surface area contributed by atoms with Gasteiger partial charge in [-0.3, -0.25) is 0 Å². The van der Waals surface area contributed by atoms with E-state index in [4.69, 9.17) is 9.47 Å². The molecule has 2 nitrogen and oxygen atoms in total. The van der Waals surface area contributed by atoms with Crippen molar-refractivity contribution >= 4 is 15.9 Å². The number of halogens is 1. The maximum atomic E-state index is 5.46. The maximum Gasteiger partial charge on any atom is 0.188 e. The Morgan fingerprint density at radius 3 is 2.43 bits per heavy atom. The molecule has 0 saturated heterocycles. The predicted octanol–water partition coefficient (Wildman–Crippen LogP) is 3.36. The van der Waals surface area contributed by atoms with Gasteiger partial charge in [-0.25, -0.2) is 0 Å². The van der Waals surface area contributed by atoms with E-state index in [0.29, 0.717) is 6.79 Å². The minimum atomic E-state index is 0.293. The lowest BCUT2D eigenvalue weighted by Gasteiger charge is -2.13. The van der Waals surface area contributed by atoms with Crippen molar-refractivity contribution in [2.45, 2.75) is 20.8 Å². The van der Waals surface area contributed by atoms with Crippen LogP contribution in [0.1, 0.15) is 16.7 Å². The summed E-state index contributed by atoms with van der Waals surface area (Å²) in [6.07, 6.45) is 0. The van der Waals surface area contributed by atoms with Gasteiger partial charge in [0.25, 0.3) is 0 Å². The van der Waals surface area contributed by atoms with Gasteiger partial charge in [0.1, 0.15) is 5.75 Å². The summed E-state index contributed by atoms with van der Waals surface area (Å²) in [6, 6.07) is 2.02. The van der Waals surface area contributed by atoms with Crippen molar-refractivity contribution in [2.75, 3.05) is 13.9 Å². The summed E-state index contributed by atoms with van der Waals surface area (Å²) < 4.78 is 11.5. The molecular formula is C11H15BrO2. The normalized spacial score (nSPS) is 10.4. The molecule has 0 amide bonds. The second-order valence-corrected chi connectivity index (χ2v) is 4.10. The summed E-state index contributed by atoms with van der Waals surface area (Å²) in [5, 5.41) is 0. The Kier molecular flexibility index (Phi) is 3.96. The second kappa shape index (κ2) is 4.80. The Morgan fingerprint density at radius 2 is 1.86 bits per heavy atom. The molecule has 3 heteroatoms. The maximum absolute atomic E-state index is 5.46. The van der Waals surface area contributed by atoms with Crippen LogP contribution in [0.5, 0.6) is 5.75 Å². The van der Waals surface area contributed by atoms with E-state index in [2.05, 4.69) is 29.8 Å². The van der Waals surface area contributed by atoms with E-state index in [1.807, 2.05) is 13.0 Å². The quantitative estimate of drug-likeness (QED) is 0.775. The Hall–Kier alpha value is -0.540. The third-order valence-corrected chi connectivity index (χ3v) is 3.51. The molecule has 14 heavy (non-hydrogen) atoms. The molecule has 78 valence electrons. The topological polar surface area (TPSA) is 18.5 Å². The van der Waals surface area contributed by atoms with Crippen molar-refractivity contribution in [3.63, 3.8) is 0 Å². The smallest absolute Gasteiger partial charge is 0.188 e. The van der Waals surface area contributed by atoms with Crippen molar-refractivity contribution in [1.29, 1.82) is 0 Å². The lowest BCUT2D eigenvalue weighted by Crippen LogP contribution is -2.02. The van der Waals surface area contributed by atoms with Gasteiger partial charge in [-0.05, 0) is 43.5 Å². The first-order valence-corrected chi connectivity index (χ1v) is 5.25. The standard InChI is InChI=1S/C11H15BrO2/c1-7-5-10(14-6-13-4)8(2)9(3)11(7)12/h5H,6H2,1-4H3. The zero-order valence-corrected chi connectivity index (χ0v) is 10.6. The van der Waals surface area contributed by atoms with Gasteiger partial charge in [-0.2, -0.15) is 0 Å². The van der Waals surface area contributed by atoms with Crippen LogP contribution in [0.3, 0.4) is 0 Å². The van der Waals surface area contributed by atoms with Crippen LogP contribution in [-0.2, 0) is 4.74 Å². The van der Waals surface area contributed by atoms with Crippen molar-refractivity contribution < 1.29 is 9.47 Å². The highest BCUT2D eigenvalue weighted by Crippen LogP contribution is 2.31. The summed E-state index contributed by atoms with van der Waals surface area (Å²) >= 11 is 3.55. The SMILES string of the molecule is COCOc1cc(C)c(Br)c(C)c1C. The molecule has 0 unspecified atom stereocenters. The molecule has 0 aliphatic heterocycles. The Bertz CT molecular complexity index is 335. The second-order valence-electron chi connectivity index (χ2n) is 3.31. The van der Waals surface area contributed by atoms with Crippen LogP contribution < -0.4 is 4.74 Å². The highest BCUT2D eigenvalue weighted by Gasteiger charge is 2.08. The van der Waals surface area contributed by atoms with Crippen LogP contribution in [0, 0.1) is 20.8 Å². The third-order valence-electron chi connectivity index (χ3n) is 2.29. The number of rotatable bonds is 3. The van der Waals surface area contributed by atoms with Gasteiger partial charge in [0.05, 0.1) is 0 Å². The Morgan fingerprint density at radius 1 is 1.21 bits per heavy atom. The first kappa shape index (κ1) is 11.5. The summed E-state index contributed by atoms with van der Waals surface area (Å²) in [7, 11) is 1.62. The Labute approximate surface area is 93.4 Å². The summed E-state index contributed by atoms with van der Waals surface area (Å²) in [6.45, 7) is 6.47. The summed E-state index contributed by atoms with van der Waals surface area (Å²) in [4.78, 5) is 0. The van der Waals surface area contributed by atoms with Crippen LogP contribution >= 0.6 is 15.9 Å². The van der Waals surface area contributed by atoms with E-state index in [-0.39, 0.29) is 0 Å². The first-order chi connectivity index (χ1) is 6.57. The third kappa shape index (κ3) is 2.28. The molecule has 1 rings (SSSR count). The fourth-order valence-electron chi connectivity index (χ4n) is 1.29. The first-order valence-electron chi connectivity index (χ1n) is 4.46. The van der Waals surface area contributed by atoms with Gasteiger partial charge < -0.3 is 9.47 Å². The van der Waals surface area contributed by atoms with Crippen LogP contribution in [0.15, 0.2) is 10.5 Å². The van der Waals surface area contributed by atoms with E-state index in [0.717, 1.165) is 15.8 Å². The number of ether oxygens (including phenoxy) is 2. The molecule has 0 fully saturated rings. The Balaban J connectivity index is 3.06. The van der Waals surface area contributed by atoms with Gasteiger partial charge in [0.2, 0.25) is 0 Å². The highest BCUT2D eigenvalue weighted by atomic mass is 79.9. The zero-order chi connectivity index (χ0) is 10.7. The molecule has 1 aromatic carbocycles. The van der Waals surface area contributed by atoms with Gasteiger partial charge in [-0.15, -0.1) is 0 Å². The minimum absolute atomic E-state index is 0.293. The monoisotopic (exact) mass is 258 g/mol. The van der Waals surface area contributed by atoms with E-state index < -0.39 is 0 Å². The van der Waals surface area contributed by atoms with Crippen LogP contribution in [0.2, 0.25) is 0 Å². The van der Waals surface area contributed by atoms with Gasteiger partial charge in [0.15, 0.2) is 6.79 Å². The van der Waals surface area contributed by atoms with E-state index in [1.54, 1.807) is 7.11 Å². The van der Waals surface area contributed by atoms with Crippen molar-refractivity contribution in [1.82, 2.24) is 0 Å². The zero-order valence-electron chi connectivity index (χ0n) is 8.98. The number of benzene rings is 1. The molecule has 0 aliphatic rings. The van der Waals surface area contributed by atoms with Crippen LogP contribution in [0.25, 0.3) is 0 Å². The van der Waals surface area contributed by atoms with Gasteiger partial charge >= 0.3 is 0 Å². The number of methoxy groups -OCH3 is 1. The van der Waals surface area contributed by atoms with E-state index in [1.165, 1.54) is 11.1 Å². The molecule has 0 N–H and O–H groups in total. The lowest BCUT2D eigenvalue weighted by molar-refractivity contribution is 0.0505. The average Bonchev–Trinajstić information content (AvgIpc) is 2.18. The highest BCUT2D eigenvalue weighted by molar-refractivity contribution is 9.10. The van der Waals surface area contributed by atoms with E-state index >= 15 is 0 Å². The molecule has 0 radical (unpaired) electrons. The molecule has 0 aliphatic carbocycles. The molecule has 1 aromatic rings. The van der Waals surface area contributed by atoms with Crippen LogP contribution in [-0.4, -0.2) is 13.9 Å². The number of aryl methyl sites for hydroxylation is 1. The predicted molar refractivity (Wildman–Crippen MR) is 60.9 cm³/mol. The molecule has 0 bridgehead atoms. The van der Waals surface area contributed by atoms with Crippen molar-refractivity contribution in [3.05, 3.63) is 27.2 Å². The van der Waals surface area contributed by atoms with Crippen molar-refractivity contribution in [2.24, 2.45) is 0 Å². The lowest BCUT2D eigenvalue weighted by atomic mass is 10.1. The fraction of sp³-hybridized carbons (Fsp3) is 0.455. The molecule has 0 heterocycles.